The number of halogens is 1. The van der Waals surface area contributed by atoms with Crippen LogP contribution < -0.4 is 14.8 Å². The number of amides is 1. The number of carbonyl (C=O) groups excluding carboxylic acids is 1. The van der Waals surface area contributed by atoms with Crippen LogP contribution in [0.25, 0.3) is 0 Å². The normalized spacial score (nSPS) is 13.6. The van der Waals surface area contributed by atoms with Gasteiger partial charge in [0.1, 0.15) is 17.4 Å². The largest absolute Gasteiger partial charge is 0.486 e. The van der Waals surface area contributed by atoms with E-state index in [9.17, 15) is 13.2 Å². The van der Waals surface area contributed by atoms with E-state index in [4.69, 9.17) is 21.1 Å². The molecule has 0 saturated heterocycles. The van der Waals surface area contributed by atoms with Gasteiger partial charge >= 0.3 is 0 Å². The summed E-state index contributed by atoms with van der Waals surface area (Å²) in [5.41, 5.74) is 0.712. The molecule has 0 unspecified atom stereocenters. The number of thiophene rings is 1. The number of nitrogens with one attached hydrogen (secondary N) is 1. The topological polar surface area (TPSA) is 84.9 Å². The predicted molar refractivity (Wildman–Crippen MR) is 103 cm³/mol. The van der Waals surface area contributed by atoms with E-state index < -0.39 is 10.0 Å². The zero-order valence-electron chi connectivity index (χ0n) is 14.8. The molecular weight excluding hydrogens is 412 g/mol. The van der Waals surface area contributed by atoms with Crippen molar-refractivity contribution >= 4 is 38.9 Å². The number of sulfonamides is 1. The number of hydrogen-bond acceptors (Lipinski definition) is 6. The number of ether oxygens (including phenoxy) is 2. The number of carbonyl (C=O) groups is 1. The van der Waals surface area contributed by atoms with E-state index >= 15 is 0 Å². The third-order valence-corrected chi connectivity index (χ3v) is 7.50. The fraction of sp³-hybridized carbons (Fsp3) is 0.353. The summed E-state index contributed by atoms with van der Waals surface area (Å²) in [6, 6.07) is 6.67. The first-order chi connectivity index (χ1) is 12.8. The van der Waals surface area contributed by atoms with Crippen molar-refractivity contribution in [2.24, 2.45) is 0 Å². The van der Waals surface area contributed by atoms with Crippen LogP contribution in [0, 0.1) is 0 Å². The Balaban J connectivity index is 1.61. The van der Waals surface area contributed by atoms with Gasteiger partial charge in [0, 0.05) is 19.0 Å². The number of fused-ring (bicyclic) bond motifs is 1. The van der Waals surface area contributed by atoms with E-state index in [0.717, 1.165) is 20.5 Å². The summed E-state index contributed by atoms with van der Waals surface area (Å²) >= 11 is 7.31. The van der Waals surface area contributed by atoms with Crippen molar-refractivity contribution in [1.82, 2.24) is 9.62 Å². The van der Waals surface area contributed by atoms with Crippen LogP contribution in [0.1, 0.15) is 10.4 Å². The van der Waals surface area contributed by atoms with E-state index in [1.54, 1.807) is 24.3 Å². The Hall–Kier alpha value is -1.81. The molecular formula is C17H19ClN2O5S2. The SMILES string of the molecule is CN(C)S(=O)(=O)c1ccc(CNC(=O)Cc2cc(Cl)c3c(c2)OCCO3)s1. The van der Waals surface area contributed by atoms with Crippen LogP contribution >= 0.6 is 22.9 Å². The van der Waals surface area contributed by atoms with Crippen molar-refractivity contribution < 1.29 is 22.7 Å². The summed E-state index contributed by atoms with van der Waals surface area (Å²) in [5, 5.41) is 3.20. The number of hydrogen-bond donors (Lipinski definition) is 1. The minimum absolute atomic E-state index is 0.130. The molecule has 0 fully saturated rings. The summed E-state index contributed by atoms with van der Waals surface area (Å²) < 4.78 is 36.5. The second kappa shape index (κ2) is 8.05. The molecule has 0 saturated carbocycles. The Morgan fingerprint density at radius 2 is 2.00 bits per heavy atom. The lowest BCUT2D eigenvalue weighted by atomic mass is 10.1. The molecule has 27 heavy (non-hydrogen) atoms. The molecule has 146 valence electrons. The van der Waals surface area contributed by atoms with Gasteiger partial charge in [-0.1, -0.05) is 11.6 Å². The highest BCUT2D eigenvalue weighted by Crippen LogP contribution is 2.38. The molecule has 1 aliphatic rings. The van der Waals surface area contributed by atoms with Gasteiger partial charge in [-0.2, -0.15) is 0 Å². The highest BCUT2D eigenvalue weighted by molar-refractivity contribution is 7.91. The fourth-order valence-corrected chi connectivity index (χ4v) is 5.22. The van der Waals surface area contributed by atoms with Gasteiger partial charge < -0.3 is 14.8 Å². The van der Waals surface area contributed by atoms with Crippen molar-refractivity contribution in [3.05, 3.63) is 39.7 Å². The molecule has 0 spiro atoms. The fourth-order valence-electron chi connectivity index (χ4n) is 2.47. The second-order valence-electron chi connectivity index (χ2n) is 6.06. The van der Waals surface area contributed by atoms with E-state index in [-0.39, 0.29) is 23.1 Å². The van der Waals surface area contributed by atoms with Gasteiger partial charge in [-0.15, -0.1) is 11.3 Å². The van der Waals surface area contributed by atoms with Crippen LogP contribution in [0.3, 0.4) is 0 Å². The van der Waals surface area contributed by atoms with Gasteiger partial charge in [0.15, 0.2) is 11.5 Å². The second-order valence-corrected chi connectivity index (χ2v) is 10.0. The molecule has 2 aromatic rings. The van der Waals surface area contributed by atoms with Gasteiger partial charge in [0.05, 0.1) is 18.0 Å². The van der Waals surface area contributed by atoms with Crippen molar-refractivity contribution in [2.45, 2.75) is 17.2 Å². The van der Waals surface area contributed by atoms with Gasteiger partial charge in [-0.05, 0) is 29.8 Å². The third-order valence-electron chi connectivity index (χ3n) is 3.85. The first kappa shape index (κ1) is 19.9. The summed E-state index contributed by atoms with van der Waals surface area (Å²) in [4.78, 5) is 13.0. The zero-order chi connectivity index (χ0) is 19.6. The molecule has 0 bridgehead atoms. The minimum Gasteiger partial charge on any atom is -0.486 e. The third kappa shape index (κ3) is 4.55. The maximum Gasteiger partial charge on any atom is 0.252 e. The summed E-state index contributed by atoms with van der Waals surface area (Å²) in [5.74, 6) is 0.835. The van der Waals surface area contributed by atoms with Crippen LogP contribution in [0.2, 0.25) is 5.02 Å². The van der Waals surface area contributed by atoms with Crippen LogP contribution in [-0.4, -0.2) is 45.9 Å². The molecule has 7 nitrogen and oxygen atoms in total. The van der Waals surface area contributed by atoms with Gasteiger partial charge in [-0.3, -0.25) is 4.79 Å². The van der Waals surface area contributed by atoms with Crippen molar-refractivity contribution in [2.75, 3.05) is 27.3 Å². The highest BCUT2D eigenvalue weighted by atomic mass is 35.5. The van der Waals surface area contributed by atoms with Gasteiger partial charge in [0.2, 0.25) is 5.91 Å². The van der Waals surface area contributed by atoms with E-state index in [2.05, 4.69) is 5.32 Å². The number of nitrogens with zero attached hydrogens (tertiary/aromatic N) is 1. The zero-order valence-corrected chi connectivity index (χ0v) is 17.2. The summed E-state index contributed by atoms with van der Waals surface area (Å²) in [6.07, 6.45) is 0.130. The van der Waals surface area contributed by atoms with Crippen LogP contribution in [0.5, 0.6) is 11.5 Å². The average molecular weight is 431 g/mol. The number of benzene rings is 1. The molecule has 3 rings (SSSR count). The molecule has 0 radical (unpaired) electrons. The molecule has 1 aromatic heterocycles. The Morgan fingerprint density at radius 3 is 2.74 bits per heavy atom. The smallest absolute Gasteiger partial charge is 0.252 e. The monoisotopic (exact) mass is 430 g/mol. The average Bonchev–Trinajstić information content (AvgIpc) is 3.10. The summed E-state index contributed by atoms with van der Waals surface area (Å²) in [6.45, 7) is 1.14. The van der Waals surface area contributed by atoms with Crippen LogP contribution in [-0.2, 0) is 27.8 Å². The Kier molecular flexibility index (Phi) is 5.95. The molecule has 1 aliphatic heterocycles. The van der Waals surface area contributed by atoms with E-state index in [0.29, 0.717) is 35.3 Å². The van der Waals surface area contributed by atoms with Crippen molar-refractivity contribution in [3.63, 3.8) is 0 Å². The Labute approximate surface area is 166 Å². The summed E-state index contributed by atoms with van der Waals surface area (Å²) in [7, 11) is -0.496. The molecule has 1 N–H and O–H groups in total. The minimum atomic E-state index is -3.46. The lowest BCUT2D eigenvalue weighted by molar-refractivity contribution is -0.120. The highest BCUT2D eigenvalue weighted by Gasteiger charge is 2.20. The Morgan fingerprint density at radius 1 is 1.26 bits per heavy atom. The van der Waals surface area contributed by atoms with Crippen molar-refractivity contribution in [3.8, 4) is 11.5 Å². The molecule has 2 heterocycles. The first-order valence-corrected chi connectivity index (χ1v) is 10.8. The standard InChI is InChI=1S/C17H19ClN2O5S2/c1-20(2)27(22,23)16-4-3-12(26-16)10-19-15(21)9-11-7-13(18)17-14(8-11)24-5-6-25-17/h3-4,7-8H,5-6,9-10H2,1-2H3,(H,19,21). The molecule has 1 aromatic carbocycles. The van der Waals surface area contributed by atoms with Gasteiger partial charge in [-0.25, -0.2) is 12.7 Å². The van der Waals surface area contributed by atoms with Crippen molar-refractivity contribution in [1.29, 1.82) is 0 Å². The lowest BCUT2D eigenvalue weighted by Gasteiger charge is -2.20. The maximum atomic E-state index is 12.2. The van der Waals surface area contributed by atoms with E-state index in [1.807, 2.05) is 0 Å². The van der Waals surface area contributed by atoms with Gasteiger partial charge in [0.25, 0.3) is 10.0 Å². The number of rotatable bonds is 6. The van der Waals surface area contributed by atoms with Crippen LogP contribution in [0.4, 0.5) is 0 Å². The Bertz CT molecular complexity index is 956. The maximum absolute atomic E-state index is 12.2. The molecule has 10 heteroatoms. The molecule has 0 atom stereocenters. The van der Waals surface area contributed by atoms with E-state index in [1.165, 1.54) is 14.1 Å². The molecule has 1 amide bonds. The predicted octanol–water partition coefficient (Wildman–Crippen LogP) is 2.28. The first-order valence-electron chi connectivity index (χ1n) is 8.13. The lowest BCUT2D eigenvalue weighted by Crippen LogP contribution is -2.24. The molecule has 0 aliphatic carbocycles. The van der Waals surface area contributed by atoms with Crippen LogP contribution in [0.15, 0.2) is 28.5 Å². The quantitative estimate of drug-likeness (QED) is 0.760.